The van der Waals surface area contributed by atoms with E-state index < -0.39 is 0 Å². The Balaban J connectivity index is 1.39. The van der Waals surface area contributed by atoms with Gasteiger partial charge in [0.05, 0.1) is 18.2 Å². The molecule has 1 aliphatic heterocycles. The van der Waals surface area contributed by atoms with Gasteiger partial charge in [-0.25, -0.2) is 4.98 Å². The third kappa shape index (κ3) is 4.89. The number of benzene rings is 2. The molecule has 1 aliphatic carbocycles. The summed E-state index contributed by atoms with van der Waals surface area (Å²) in [5.74, 6) is 2.06. The Morgan fingerprint density at radius 3 is 2.68 bits per heavy atom. The highest BCUT2D eigenvalue weighted by Gasteiger charge is 2.45. The number of thiazole rings is 1. The molecule has 34 heavy (non-hydrogen) atoms. The van der Waals surface area contributed by atoms with Crippen molar-refractivity contribution in [2.45, 2.75) is 50.7 Å². The smallest absolute Gasteiger partial charge is 0.231 e. The minimum Gasteiger partial charge on any atom is -0.454 e. The first kappa shape index (κ1) is 23.4. The number of nitrogens with one attached hydrogen (secondary N) is 2. The van der Waals surface area contributed by atoms with E-state index in [4.69, 9.17) is 26.1 Å². The summed E-state index contributed by atoms with van der Waals surface area (Å²) >= 11 is 8.22. The van der Waals surface area contributed by atoms with E-state index in [0.717, 1.165) is 46.3 Å². The molecule has 1 fully saturated rings. The van der Waals surface area contributed by atoms with Gasteiger partial charge in [-0.2, -0.15) is 0 Å². The number of nitrogens with zero attached hydrogens (tertiary/aromatic N) is 1. The molecule has 2 atom stereocenters. The lowest BCUT2D eigenvalue weighted by atomic mass is 10.0. The van der Waals surface area contributed by atoms with Gasteiger partial charge >= 0.3 is 0 Å². The molecule has 0 amide bonds. The number of hydrogen-bond acceptors (Lipinski definition) is 7. The molecule has 1 aromatic heterocycles. The first-order valence-corrected chi connectivity index (χ1v) is 12.9. The van der Waals surface area contributed by atoms with Crippen LogP contribution < -0.4 is 20.1 Å². The zero-order valence-corrected chi connectivity index (χ0v) is 21.0. The molecule has 5 rings (SSSR count). The summed E-state index contributed by atoms with van der Waals surface area (Å²) < 4.78 is 11.0. The van der Waals surface area contributed by atoms with Crippen molar-refractivity contribution in [2.24, 2.45) is 5.92 Å². The summed E-state index contributed by atoms with van der Waals surface area (Å²) in [7, 11) is 0. The monoisotopic (exact) mass is 499 g/mol. The van der Waals surface area contributed by atoms with E-state index >= 15 is 0 Å². The van der Waals surface area contributed by atoms with E-state index in [2.05, 4.69) is 36.6 Å². The minimum absolute atomic E-state index is 0.0387. The van der Waals surface area contributed by atoms with Crippen LogP contribution in [0.25, 0.3) is 0 Å². The number of fused-ring (bicyclic) bond motifs is 1. The largest absolute Gasteiger partial charge is 0.454 e. The van der Waals surface area contributed by atoms with E-state index in [9.17, 15) is 5.11 Å². The van der Waals surface area contributed by atoms with Crippen LogP contribution in [-0.4, -0.2) is 29.5 Å². The van der Waals surface area contributed by atoms with Crippen molar-refractivity contribution in [2.75, 3.05) is 18.7 Å². The molecule has 0 saturated heterocycles. The van der Waals surface area contributed by atoms with E-state index in [1.165, 1.54) is 5.56 Å². The Morgan fingerprint density at radius 2 is 1.94 bits per heavy atom. The van der Waals surface area contributed by atoms with Gasteiger partial charge in [-0.15, -0.1) is 11.3 Å². The summed E-state index contributed by atoms with van der Waals surface area (Å²) in [6.07, 6.45) is 4.85. The number of halogens is 1. The SMILES string of the molecule is CC(C)C[C@@H](CO)NC(c1cnc(NC2(c3ccc4c(c3)OCO4)CC2)s1)c1ccccc1Cl. The van der Waals surface area contributed by atoms with Crippen molar-refractivity contribution in [1.29, 1.82) is 0 Å². The van der Waals surface area contributed by atoms with Crippen LogP contribution in [0.3, 0.4) is 0 Å². The number of hydrogen-bond donors (Lipinski definition) is 3. The van der Waals surface area contributed by atoms with Gasteiger partial charge in [-0.3, -0.25) is 0 Å². The van der Waals surface area contributed by atoms with Gasteiger partial charge < -0.3 is 25.2 Å². The van der Waals surface area contributed by atoms with Gasteiger partial charge in [-0.1, -0.05) is 49.7 Å². The molecule has 0 radical (unpaired) electrons. The van der Waals surface area contributed by atoms with Crippen LogP contribution >= 0.6 is 22.9 Å². The highest BCUT2D eigenvalue weighted by Crippen LogP contribution is 2.51. The number of anilines is 1. The third-order valence-electron chi connectivity index (χ3n) is 6.42. The van der Waals surface area contributed by atoms with Crippen molar-refractivity contribution in [1.82, 2.24) is 10.3 Å². The maximum atomic E-state index is 10.0. The minimum atomic E-state index is -0.154. The molecule has 1 unspecified atom stereocenters. The maximum absolute atomic E-state index is 10.0. The first-order chi connectivity index (χ1) is 16.5. The molecule has 1 saturated carbocycles. The number of rotatable bonds is 10. The van der Waals surface area contributed by atoms with Crippen LogP contribution in [0, 0.1) is 5.92 Å². The van der Waals surface area contributed by atoms with Crippen LogP contribution in [0.1, 0.15) is 55.2 Å². The second kappa shape index (κ2) is 9.74. The summed E-state index contributed by atoms with van der Waals surface area (Å²) in [4.78, 5) is 5.77. The molecule has 8 heteroatoms. The van der Waals surface area contributed by atoms with E-state index in [1.807, 2.05) is 36.5 Å². The normalized spacial score (nSPS) is 17.6. The van der Waals surface area contributed by atoms with E-state index in [-0.39, 0.29) is 31.0 Å². The number of ether oxygens (including phenoxy) is 2. The van der Waals surface area contributed by atoms with Crippen LogP contribution in [0.2, 0.25) is 5.02 Å². The van der Waals surface area contributed by atoms with Crippen molar-refractivity contribution in [3.05, 3.63) is 69.7 Å². The van der Waals surface area contributed by atoms with Gasteiger partial charge in [-0.05, 0) is 54.5 Å². The average molecular weight is 500 g/mol. The molecular formula is C26H30ClN3O3S. The second-order valence-electron chi connectivity index (χ2n) is 9.47. The highest BCUT2D eigenvalue weighted by atomic mass is 35.5. The standard InChI is InChI=1S/C26H30ClN3O3S/c1-16(2)11-18(14-31)29-24(19-5-3-4-6-20(19)27)23-13-28-25(34-23)30-26(9-10-26)17-7-8-21-22(12-17)33-15-32-21/h3-8,12-13,16,18,24,29,31H,9-11,14-15H2,1-2H3,(H,28,30)/t18-,24?/m0/s1. The van der Waals surface area contributed by atoms with Crippen molar-refractivity contribution in [3.8, 4) is 11.5 Å². The van der Waals surface area contributed by atoms with Crippen LogP contribution in [0.4, 0.5) is 5.13 Å². The summed E-state index contributed by atoms with van der Waals surface area (Å²) in [5, 5.41) is 18.9. The Hall–Kier alpha value is -2.32. The van der Waals surface area contributed by atoms with E-state index in [0.29, 0.717) is 10.9 Å². The van der Waals surface area contributed by atoms with Crippen molar-refractivity contribution in [3.63, 3.8) is 0 Å². The van der Waals surface area contributed by atoms with Gasteiger partial charge in [0.2, 0.25) is 6.79 Å². The average Bonchev–Trinajstić information content (AvgIpc) is 3.22. The number of aliphatic hydroxyl groups excluding tert-OH is 1. The highest BCUT2D eigenvalue weighted by molar-refractivity contribution is 7.15. The quantitative estimate of drug-likeness (QED) is 0.331. The molecule has 2 aromatic carbocycles. The van der Waals surface area contributed by atoms with E-state index in [1.54, 1.807) is 11.3 Å². The molecule has 2 heterocycles. The fourth-order valence-electron chi connectivity index (χ4n) is 4.52. The molecule has 180 valence electrons. The Kier molecular flexibility index (Phi) is 6.71. The zero-order valence-electron chi connectivity index (χ0n) is 19.4. The van der Waals surface area contributed by atoms with Crippen LogP contribution in [-0.2, 0) is 5.54 Å². The lowest BCUT2D eigenvalue weighted by Crippen LogP contribution is -2.37. The first-order valence-electron chi connectivity index (χ1n) is 11.7. The summed E-state index contributed by atoms with van der Waals surface area (Å²) in [5.41, 5.74) is 2.04. The Bertz CT molecular complexity index is 1150. The number of aliphatic hydroxyl groups is 1. The van der Waals surface area contributed by atoms with Gasteiger partial charge in [0.15, 0.2) is 16.6 Å². The third-order valence-corrected chi connectivity index (χ3v) is 7.75. The molecule has 0 bridgehead atoms. The predicted octanol–water partition coefficient (Wildman–Crippen LogP) is 5.71. The summed E-state index contributed by atoms with van der Waals surface area (Å²) in [6, 6.07) is 13.8. The molecule has 3 aromatic rings. The topological polar surface area (TPSA) is 75.6 Å². The van der Waals surface area contributed by atoms with Crippen LogP contribution in [0.5, 0.6) is 11.5 Å². The molecule has 2 aliphatic rings. The summed E-state index contributed by atoms with van der Waals surface area (Å²) in [6.45, 7) is 4.66. The lowest BCUT2D eigenvalue weighted by Gasteiger charge is -2.26. The Morgan fingerprint density at radius 1 is 1.15 bits per heavy atom. The number of aromatic nitrogens is 1. The lowest BCUT2D eigenvalue weighted by molar-refractivity contribution is 0.174. The maximum Gasteiger partial charge on any atom is 0.231 e. The predicted molar refractivity (Wildman–Crippen MR) is 136 cm³/mol. The molecular weight excluding hydrogens is 470 g/mol. The molecule has 6 nitrogen and oxygen atoms in total. The molecule has 0 spiro atoms. The van der Waals surface area contributed by atoms with Gasteiger partial charge in [0.1, 0.15) is 0 Å². The van der Waals surface area contributed by atoms with Gasteiger partial charge in [0.25, 0.3) is 0 Å². The Labute approximate surface area is 209 Å². The van der Waals surface area contributed by atoms with Crippen molar-refractivity contribution >= 4 is 28.1 Å². The molecule has 3 N–H and O–H groups in total. The second-order valence-corrected chi connectivity index (χ2v) is 10.9. The zero-order chi connectivity index (χ0) is 23.7. The fraction of sp³-hybridized carbons (Fsp3) is 0.423. The van der Waals surface area contributed by atoms with Crippen LogP contribution in [0.15, 0.2) is 48.7 Å². The fourth-order valence-corrected chi connectivity index (χ4v) is 5.76. The van der Waals surface area contributed by atoms with Crippen molar-refractivity contribution < 1.29 is 14.6 Å². The van der Waals surface area contributed by atoms with Gasteiger partial charge in [0, 0.05) is 22.1 Å².